The fraction of sp³-hybridized carbons (Fsp3) is 0.912. The molecule has 1 N–H and O–H groups in total. The molecule has 0 heterocycles. The van der Waals surface area contributed by atoms with Crippen LogP contribution in [0.1, 0.15) is 148 Å². The number of ether oxygens (including phenoxy) is 3. The highest BCUT2D eigenvalue weighted by molar-refractivity contribution is 5.69. The van der Waals surface area contributed by atoms with Crippen molar-refractivity contribution in [3.8, 4) is 0 Å². The largest absolute Gasteiger partial charge is 0.469 e. The molecule has 1 fully saturated rings. The summed E-state index contributed by atoms with van der Waals surface area (Å²) in [4.78, 5) is 37.5. The molecule has 0 radical (unpaired) electrons. The molecule has 0 aliphatic heterocycles. The first-order valence-electron chi connectivity index (χ1n) is 17.2. The van der Waals surface area contributed by atoms with Gasteiger partial charge in [-0.3, -0.25) is 14.4 Å². The normalized spacial score (nSPS) is 16.9. The summed E-state index contributed by atoms with van der Waals surface area (Å²) in [7, 11) is 1.40. The van der Waals surface area contributed by atoms with E-state index in [0.717, 1.165) is 109 Å². The predicted molar refractivity (Wildman–Crippen MR) is 167 cm³/mol. The zero-order valence-electron chi connectivity index (χ0n) is 27.1. The summed E-state index contributed by atoms with van der Waals surface area (Å²) in [5.74, 6) is 0.515. The maximum Gasteiger partial charge on any atom is 0.306 e. The SMILES string of the molecule is CCCCC1CCC(OC(=O)CCCCCN(CCO)CCCCCCCC(=O)OCCCCCCC(=O)OC)CC1. The van der Waals surface area contributed by atoms with Gasteiger partial charge in [0.25, 0.3) is 0 Å². The first-order chi connectivity index (χ1) is 20.5. The number of nitrogens with zero attached hydrogens (tertiary/aromatic N) is 1. The van der Waals surface area contributed by atoms with Crippen LogP contribution in [0.4, 0.5) is 0 Å². The lowest BCUT2D eigenvalue weighted by atomic mass is 9.84. The summed E-state index contributed by atoms with van der Waals surface area (Å²) in [6, 6.07) is 0. The van der Waals surface area contributed by atoms with Gasteiger partial charge in [-0.1, -0.05) is 64.7 Å². The van der Waals surface area contributed by atoms with Gasteiger partial charge in [0, 0.05) is 25.8 Å². The molecule has 246 valence electrons. The number of hydrogen-bond donors (Lipinski definition) is 1. The van der Waals surface area contributed by atoms with Crippen molar-refractivity contribution in [1.29, 1.82) is 0 Å². The van der Waals surface area contributed by atoms with Gasteiger partial charge in [0.05, 0.1) is 20.3 Å². The number of hydrogen-bond acceptors (Lipinski definition) is 8. The van der Waals surface area contributed by atoms with Crippen LogP contribution in [0.2, 0.25) is 0 Å². The van der Waals surface area contributed by atoms with Gasteiger partial charge in [0.15, 0.2) is 0 Å². The van der Waals surface area contributed by atoms with Crippen molar-refractivity contribution in [3.63, 3.8) is 0 Å². The molecule has 1 aliphatic carbocycles. The molecule has 0 aromatic heterocycles. The van der Waals surface area contributed by atoms with Gasteiger partial charge in [-0.25, -0.2) is 0 Å². The van der Waals surface area contributed by atoms with Crippen LogP contribution in [0.15, 0.2) is 0 Å². The number of aliphatic hydroxyl groups excluding tert-OH is 1. The summed E-state index contributed by atoms with van der Waals surface area (Å²) in [6.45, 7) is 5.50. The third-order valence-corrected chi connectivity index (χ3v) is 8.45. The van der Waals surface area contributed by atoms with E-state index in [-0.39, 0.29) is 30.6 Å². The Morgan fingerprint density at radius 1 is 0.667 bits per heavy atom. The van der Waals surface area contributed by atoms with E-state index in [2.05, 4.69) is 16.6 Å². The summed E-state index contributed by atoms with van der Waals surface area (Å²) >= 11 is 0. The Hall–Kier alpha value is -1.67. The lowest BCUT2D eigenvalue weighted by molar-refractivity contribution is -0.151. The highest BCUT2D eigenvalue weighted by Gasteiger charge is 2.23. The molecule has 0 bridgehead atoms. The molecule has 1 rings (SSSR count). The second-order valence-corrected chi connectivity index (χ2v) is 12.1. The molecule has 0 spiro atoms. The Morgan fingerprint density at radius 2 is 1.21 bits per heavy atom. The van der Waals surface area contributed by atoms with Gasteiger partial charge in [-0.2, -0.15) is 0 Å². The van der Waals surface area contributed by atoms with Crippen molar-refractivity contribution in [2.75, 3.05) is 40.0 Å². The third-order valence-electron chi connectivity index (χ3n) is 8.45. The predicted octanol–water partition coefficient (Wildman–Crippen LogP) is 7.14. The molecule has 0 saturated heterocycles. The molecule has 0 amide bonds. The number of carbonyl (C=O) groups excluding carboxylic acids is 3. The van der Waals surface area contributed by atoms with E-state index in [1.54, 1.807) is 0 Å². The summed E-state index contributed by atoms with van der Waals surface area (Å²) in [5.41, 5.74) is 0. The maximum atomic E-state index is 12.3. The van der Waals surface area contributed by atoms with Gasteiger partial charge in [0.1, 0.15) is 6.10 Å². The molecule has 1 aliphatic rings. The van der Waals surface area contributed by atoms with Crippen LogP contribution in [0.3, 0.4) is 0 Å². The highest BCUT2D eigenvalue weighted by Crippen LogP contribution is 2.30. The number of methoxy groups -OCH3 is 1. The topological polar surface area (TPSA) is 102 Å². The molecule has 0 aromatic carbocycles. The van der Waals surface area contributed by atoms with Crippen LogP contribution >= 0.6 is 0 Å². The Labute approximate surface area is 256 Å². The molecule has 8 nitrogen and oxygen atoms in total. The zero-order valence-corrected chi connectivity index (χ0v) is 27.1. The van der Waals surface area contributed by atoms with Gasteiger partial charge in [-0.15, -0.1) is 0 Å². The Bertz CT molecular complexity index is 679. The van der Waals surface area contributed by atoms with E-state index >= 15 is 0 Å². The van der Waals surface area contributed by atoms with Crippen LogP contribution < -0.4 is 0 Å². The van der Waals surface area contributed by atoms with Crippen LogP contribution in [0.25, 0.3) is 0 Å². The minimum Gasteiger partial charge on any atom is -0.469 e. The average molecular weight is 598 g/mol. The summed E-state index contributed by atoms with van der Waals surface area (Å²) in [5, 5.41) is 9.43. The molecule has 42 heavy (non-hydrogen) atoms. The van der Waals surface area contributed by atoms with Crippen molar-refractivity contribution in [2.45, 2.75) is 154 Å². The van der Waals surface area contributed by atoms with E-state index in [1.807, 2.05) is 0 Å². The smallest absolute Gasteiger partial charge is 0.306 e. The minimum absolute atomic E-state index is 0.0310. The maximum absolute atomic E-state index is 12.3. The lowest BCUT2D eigenvalue weighted by Gasteiger charge is -2.28. The second-order valence-electron chi connectivity index (χ2n) is 12.1. The number of unbranched alkanes of at least 4 members (excludes halogenated alkanes) is 10. The number of rotatable bonds is 27. The number of esters is 3. The van der Waals surface area contributed by atoms with Crippen LogP contribution in [-0.2, 0) is 28.6 Å². The molecule has 0 unspecified atom stereocenters. The molecule has 0 aromatic rings. The monoisotopic (exact) mass is 597 g/mol. The Kier molecular flexibility index (Phi) is 24.6. The van der Waals surface area contributed by atoms with Crippen molar-refractivity contribution in [2.24, 2.45) is 5.92 Å². The quantitative estimate of drug-likeness (QED) is 0.0606. The van der Waals surface area contributed by atoms with Crippen molar-refractivity contribution in [1.82, 2.24) is 4.90 Å². The van der Waals surface area contributed by atoms with E-state index < -0.39 is 0 Å². The van der Waals surface area contributed by atoms with E-state index in [1.165, 1.54) is 39.2 Å². The van der Waals surface area contributed by atoms with Crippen molar-refractivity contribution in [3.05, 3.63) is 0 Å². The molecular weight excluding hydrogens is 534 g/mol. The first kappa shape index (κ1) is 38.4. The number of carbonyl (C=O) groups is 3. The second kappa shape index (κ2) is 26.9. The minimum atomic E-state index is -0.170. The van der Waals surface area contributed by atoms with E-state index in [4.69, 9.17) is 9.47 Å². The fourth-order valence-corrected chi connectivity index (χ4v) is 5.75. The molecule has 0 atom stereocenters. The third kappa shape index (κ3) is 21.9. The number of aliphatic hydroxyl groups is 1. The van der Waals surface area contributed by atoms with Crippen LogP contribution in [0, 0.1) is 5.92 Å². The Morgan fingerprint density at radius 3 is 1.83 bits per heavy atom. The molecule has 1 saturated carbocycles. The standard InChI is InChI=1S/C34H63NO7/c1-3-4-17-30-21-23-31(24-22-30)42-34(39)20-13-10-15-26-35(27-28-36)25-14-8-5-6-12-19-33(38)41-29-16-9-7-11-18-32(37)40-2/h30-31,36H,3-29H2,1-2H3. The van der Waals surface area contributed by atoms with Crippen molar-refractivity contribution >= 4 is 17.9 Å². The zero-order chi connectivity index (χ0) is 30.7. The van der Waals surface area contributed by atoms with Gasteiger partial charge >= 0.3 is 17.9 Å². The lowest BCUT2D eigenvalue weighted by Crippen LogP contribution is -2.29. The van der Waals surface area contributed by atoms with E-state index in [0.29, 0.717) is 32.4 Å². The Balaban J connectivity index is 1.96. The van der Waals surface area contributed by atoms with Gasteiger partial charge in [0.2, 0.25) is 0 Å². The average Bonchev–Trinajstić information content (AvgIpc) is 2.99. The highest BCUT2D eigenvalue weighted by atomic mass is 16.5. The molecular formula is C34H63NO7. The van der Waals surface area contributed by atoms with Crippen LogP contribution in [-0.4, -0.2) is 74.0 Å². The van der Waals surface area contributed by atoms with Crippen LogP contribution in [0.5, 0.6) is 0 Å². The molecule has 8 heteroatoms. The fourth-order valence-electron chi connectivity index (χ4n) is 5.75. The first-order valence-corrected chi connectivity index (χ1v) is 17.2. The van der Waals surface area contributed by atoms with Crippen molar-refractivity contribution < 1.29 is 33.7 Å². The van der Waals surface area contributed by atoms with Gasteiger partial charge in [-0.05, 0) is 83.2 Å². The van der Waals surface area contributed by atoms with Gasteiger partial charge < -0.3 is 24.2 Å². The van der Waals surface area contributed by atoms with E-state index in [9.17, 15) is 19.5 Å². The summed E-state index contributed by atoms with van der Waals surface area (Å²) < 4.78 is 15.7. The summed E-state index contributed by atoms with van der Waals surface area (Å²) in [6.07, 6.45) is 21.6.